The van der Waals surface area contributed by atoms with Gasteiger partial charge in [0.25, 0.3) is 0 Å². The summed E-state index contributed by atoms with van der Waals surface area (Å²) in [7, 11) is 1.80. The van der Waals surface area contributed by atoms with Gasteiger partial charge >= 0.3 is 0 Å². The zero-order valence-corrected chi connectivity index (χ0v) is 11.5. The molecule has 0 aliphatic heterocycles. The molecule has 2 atom stereocenters. The summed E-state index contributed by atoms with van der Waals surface area (Å²) in [5.41, 5.74) is 6.42. The number of hydrogen-bond acceptors (Lipinski definition) is 2. The molecule has 0 spiro atoms. The van der Waals surface area contributed by atoms with Gasteiger partial charge in [-0.1, -0.05) is 6.92 Å². The number of ether oxygens (including phenoxy) is 1. The van der Waals surface area contributed by atoms with Crippen molar-refractivity contribution in [3.63, 3.8) is 0 Å². The largest absolute Gasteiger partial charge is 0.464 e. The van der Waals surface area contributed by atoms with E-state index in [0.717, 1.165) is 12.0 Å². The number of methoxy groups -OCH3 is 1. The van der Waals surface area contributed by atoms with Gasteiger partial charge in [0.1, 0.15) is 5.58 Å². The van der Waals surface area contributed by atoms with Crippen molar-refractivity contribution in [1.29, 1.82) is 0 Å². The lowest BCUT2D eigenvalue weighted by Crippen LogP contribution is -2.15. The number of fused-ring (bicyclic) bond motifs is 2. The van der Waals surface area contributed by atoms with E-state index in [-0.39, 0.29) is 6.10 Å². The van der Waals surface area contributed by atoms with Gasteiger partial charge in [-0.2, -0.15) is 0 Å². The van der Waals surface area contributed by atoms with Gasteiger partial charge in [-0.15, -0.1) is 0 Å². The molecule has 96 valence electrons. The molecule has 1 heterocycles. The smallest absolute Gasteiger partial charge is 0.134 e. The predicted octanol–water partition coefficient (Wildman–Crippen LogP) is 4.63. The third kappa shape index (κ3) is 1.52. The van der Waals surface area contributed by atoms with E-state index in [9.17, 15) is 0 Å². The molecule has 0 unspecified atom stereocenters. The maximum absolute atomic E-state index is 5.67. The minimum atomic E-state index is 0.227. The average Bonchev–Trinajstić information content (AvgIpc) is 2.72. The quantitative estimate of drug-likeness (QED) is 0.729. The van der Waals surface area contributed by atoms with Gasteiger partial charge in [0.2, 0.25) is 0 Å². The first kappa shape index (κ1) is 11.8. The van der Waals surface area contributed by atoms with Crippen LogP contribution in [0.15, 0.2) is 16.7 Å². The Labute approximate surface area is 108 Å². The maximum atomic E-state index is 5.67. The van der Waals surface area contributed by atoms with Crippen molar-refractivity contribution in [3.05, 3.63) is 34.6 Å². The fraction of sp³-hybridized carbons (Fsp3) is 0.500. The Balaban J connectivity index is 2.34. The Morgan fingerprint density at radius 2 is 2.06 bits per heavy atom. The van der Waals surface area contributed by atoms with Crippen molar-refractivity contribution in [2.75, 3.05) is 7.11 Å². The van der Waals surface area contributed by atoms with E-state index in [2.05, 4.69) is 26.8 Å². The van der Waals surface area contributed by atoms with Crippen LogP contribution in [-0.2, 0) is 4.74 Å². The van der Waals surface area contributed by atoms with Crippen molar-refractivity contribution in [2.45, 2.75) is 45.6 Å². The Morgan fingerprint density at radius 3 is 2.78 bits per heavy atom. The SMILES string of the molecule is CO[C@H]1CC[C@H](C)c2c1cc1occ(C)c1c2C. The summed E-state index contributed by atoms with van der Waals surface area (Å²) in [6.45, 7) is 6.66. The standard InChI is InChI=1S/C16H20O2/c1-9-5-6-13(17-4)12-7-14-16(10(2)8-18-14)11(3)15(9)12/h7-9,13H,5-6H2,1-4H3/t9-,13-/m0/s1. The topological polar surface area (TPSA) is 22.4 Å². The first-order chi connectivity index (χ1) is 8.63. The molecule has 0 saturated carbocycles. The molecule has 2 aromatic rings. The molecule has 0 saturated heterocycles. The number of benzene rings is 1. The summed E-state index contributed by atoms with van der Waals surface area (Å²) in [6, 6.07) is 2.19. The van der Waals surface area contributed by atoms with Crippen LogP contribution in [0, 0.1) is 13.8 Å². The molecule has 0 radical (unpaired) electrons. The maximum Gasteiger partial charge on any atom is 0.134 e. The van der Waals surface area contributed by atoms with Gasteiger partial charge in [-0.25, -0.2) is 0 Å². The zero-order chi connectivity index (χ0) is 12.9. The molecule has 0 amide bonds. The van der Waals surface area contributed by atoms with E-state index in [1.54, 1.807) is 7.11 Å². The van der Waals surface area contributed by atoms with Crippen LogP contribution < -0.4 is 0 Å². The first-order valence-corrected chi connectivity index (χ1v) is 6.67. The van der Waals surface area contributed by atoms with Crippen molar-refractivity contribution >= 4 is 11.0 Å². The highest BCUT2D eigenvalue weighted by Gasteiger charge is 2.28. The molecule has 0 bridgehead atoms. The lowest BCUT2D eigenvalue weighted by Gasteiger charge is -2.30. The van der Waals surface area contributed by atoms with E-state index in [1.165, 1.54) is 34.1 Å². The monoisotopic (exact) mass is 244 g/mol. The van der Waals surface area contributed by atoms with E-state index in [0.29, 0.717) is 5.92 Å². The van der Waals surface area contributed by atoms with Crippen LogP contribution in [0.5, 0.6) is 0 Å². The van der Waals surface area contributed by atoms with Crippen LogP contribution in [0.3, 0.4) is 0 Å². The van der Waals surface area contributed by atoms with Gasteiger partial charge in [0.15, 0.2) is 0 Å². The Hall–Kier alpha value is -1.28. The molecule has 3 rings (SSSR count). The molecule has 18 heavy (non-hydrogen) atoms. The molecular weight excluding hydrogens is 224 g/mol. The van der Waals surface area contributed by atoms with Gasteiger partial charge in [-0.3, -0.25) is 0 Å². The summed E-state index contributed by atoms with van der Waals surface area (Å²) in [6.07, 6.45) is 4.39. The highest BCUT2D eigenvalue weighted by molar-refractivity contribution is 5.86. The molecule has 0 N–H and O–H groups in total. The summed E-state index contributed by atoms with van der Waals surface area (Å²) in [5.74, 6) is 0.616. The second-order valence-corrected chi connectivity index (χ2v) is 5.50. The third-order valence-electron chi connectivity index (χ3n) is 4.37. The van der Waals surface area contributed by atoms with Crippen molar-refractivity contribution in [1.82, 2.24) is 0 Å². The third-order valence-corrected chi connectivity index (χ3v) is 4.37. The number of rotatable bonds is 1. The highest BCUT2D eigenvalue weighted by Crippen LogP contribution is 2.43. The Bertz CT molecular complexity index is 595. The minimum absolute atomic E-state index is 0.227. The van der Waals surface area contributed by atoms with Gasteiger partial charge < -0.3 is 9.15 Å². The summed E-state index contributed by atoms with van der Waals surface area (Å²) >= 11 is 0. The molecule has 1 aliphatic rings. The van der Waals surface area contributed by atoms with Gasteiger partial charge in [0, 0.05) is 12.5 Å². The van der Waals surface area contributed by atoms with Gasteiger partial charge in [-0.05, 0) is 60.9 Å². The number of furan rings is 1. The summed E-state index contributed by atoms with van der Waals surface area (Å²) in [4.78, 5) is 0. The molecule has 1 aromatic carbocycles. The molecule has 2 nitrogen and oxygen atoms in total. The number of hydrogen-bond donors (Lipinski definition) is 0. The van der Waals surface area contributed by atoms with Crippen molar-refractivity contribution in [3.8, 4) is 0 Å². The van der Waals surface area contributed by atoms with Crippen LogP contribution in [-0.4, -0.2) is 7.11 Å². The fourth-order valence-electron chi connectivity index (χ4n) is 3.49. The first-order valence-electron chi connectivity index (χ1n) is 6.67. The second-order valence-electron chi connectivity index (χ2n) is 5.50. The molecule has 0 fully saturated rings. The average molecular weight is 244 g/mol. The summed E-state index contributed by atoms with van der Waals surface area (Å²) < 4.78 is 11.3. The van der Waals surface area contributed by atoms with E-state index in [1.807, 2.05) is 6.26 Å². The van der Waals surface area contributed by atoms with Crippen LogP contribution in [0.1, 0.15) is 54.0 Å². The van der Waals surface area contributed by atoms with Crippen LogP contribution in [0.25, 0.3) is 11.0 Å². The van der Waals surface area contributed by atoms with Crippen LogP contribution in [0.4, 0.5) is 0 Å². The predicted molar refractivity (Wildman–Crippen MR) is 73.1 cm³/mol. The Morgan fingerprint density at radius 1 is 1.28 bits per heavy atom. The Kier molecular flexibility index (Phi) is 2.70. The van der Waals surface area contributed by atoms with E-state index >= 15 is 0 Å². The molecule has 1 aliphatic carbocycles. The van der Waals surface area contributed by atoms with Crippen LogP contribution >= 0.6 is 0 Å². The zero-order valence-electron chi connectivity index (χ0n) is 11.5. The summed E-state index contributed by atoms with van der Waals surface area (Å²) in [5, 5.41) is 1.29. The van der Waals surface area contributed by atoms with Crippen molar-refractivity contribution in [2.24, 2.45) is 0 Å². The normalized spacial score (nSPS) is 23.3. The molecule has 1 aromatic heterocycles. The van der Waals surface area contributed by atoms with Gasteiger partial charge in [0.05, 0.1) is 12.4 Å². The number of aryl methyl sites for hydroxylation is 2. The lowest BCUT2D eigenvalue weighted by atomic mass is 9.78. The highest BCUT2D eigenvalue weighted by atomic mass is 16.5. The minimum Gasteiger partial charge on any atom is -0.464 e. The van der Waals surface area contributed by atoms with E-state index < -0.39 is 0 Å². The van der Waals surface area contributed by atoms with E-state index in [4.69, 9.17) is 9.15 Å². The molecule has 2 heteroatoms. The van der Waals surface area contributed by atoms with Crippen molar-refractivity contribution < 1.29 is 9.15 Å². The second kappa shape index (κ2) is 4.13. The van der Waals surface area contributed by atoms with Crippen LogP contribution in [0.2, 0.25) is 0 Å². The lowest BCUT2D eigenvalue weighted by molar-refractivity contribution is 0.0850. The molecular formula is C16H20O2. The fourth-order valence-corrected chi connectivity index (χ4v) is 3.49.